The van der Waals surface area contributed by atoms with Crippen molar-refractivity contribution in [2.24, 2.45) is 0 Å². The third-order valence-corrected chi connectivity index (χ3v) is 3.14. The normalized spacial score (nSPS) is 10.6. The molecule has 0 unspecified atom stereocenters. The van der Waals surface area contributed by atoms with E-state index in [4.69, 9.17) is 0 Å². The molecule has 0 bridgehead atoms. The predicted octanol–water partition coefficient (Wildman–Crippen LogP) is 5.56. The molecule has 0 aromatic heterocycles. The van der Waals surface area contributed by atoms with Crippen molar-refractivity contribution in [1.29, 1.82) is 0 Å². The van der Waals surface area contributed by atoms with E-state index >= 15 is 0 Å². The Bertz CT molecular complexity index is 475. The van der Waals surface area contributed by atoms with E-state index in [-0.39, 0.29) is 0 Å². The van der Waals surface area contributed by atoms with Gasteiger partial charge in [0.15, 0.2) is 0 Å². The summed E-state index contributed by atoms with van der Waals surface area (Å²) < 4.78 is 36.7. The van der Waals surface area contributed by atoms with Gasteiger partial charge in [0.05, 0.1) is 5.56 Å². The summed E-state index contributed by atoms with van der Waals surface area (Å²) in [6, 6.07) is 15.0. The summed E-state index contributed by atoms with van der Waals surface area (Å²) in [6.45, 7) is 2.17. The van der Waals surface area contributed by atoms with Crippen LogP contribution < -0.4 is 0 Å². The van der Waals surface area contributed by atoms with Crippen molar-refractivity contribution in [2.75, 3.05) is 0 Å². The van der Waals surface area contributed by atoms with Crippen LogP contribution in [-0.4, -0.2) is 0 Å². The predicted molar refractivity (Wildman–Crippen MR) is 80.0 cm³/mol. The van der Waals surface area contributed by atoms with Gasteiger partial charge in [-0.05, 0) is 46.7 Å². The summed E-state index contributed by atoms with van der Waals surface area (Å²) >= 11 is 2.31. The van der Waals surface area contributed by atoms with Gasteiger partial charge in [-0.25, -0.2) is 0 Å². The van der Waals surface area contributed by atoms with Crippen LogP contribution in [-0.2, 0) is 12.6 Å². The van der Waals surface area contributed by atoms with E-state index in [1.54, 1.807) is 6.07 Å². The minimum Gasteiger partial charge on any atom is -0.166 e. The number of halogens is 4. The molecule has 0 saturated heterocycles. The van der Waals surface area contributed by atoms with Crippen molar-refractivity contribution in [2.45, 2.75) is 19.5 Å². The highest BCUT2D eigenvalue weighted by Crippen LogP contribution is 2.28. The minimum atomic E-state index is -4.21. The molecule has 2 rings (SSSR count). The second-order valence-electron chi connectivity index (χ2n) is 3.84. The average molecular weight is 378 g/mol. The second kappa shape index (κ2) is 7.53. The van der Waals surface area contributed by atoms with E-state index < -0.39 is 11.7 Å². The molecular weight excluding hydrogens is 364 g/mol. The third-order valence-electron chi connectivity index (χ3n) is 2.42. The van der Waals surface area contributed by atoms with Crippen molar-refractivity contribution < 1.29 is 13.2 Å². The molecule has 2 aromatic carbocycles. The first-order valence-electron chi connectivity index (χ1n) is 5.80. The monoisotopic (exact) mass is 378 g/mol. The van der Waals surface area contributed by atoms with Gasteiger partial charge in [-0.15, -0.1) is 0 Å². The molecule has 0 aliphatic carbocycles. The summed E-state index contributed by atoms with van der Waals surface area (Å²) in [6.07, 6.45) is -3.07. The van der Waals surface area contributed by atoms with Gasteiger partial charge in [0.1, 0.15) is 0 Å². The van der Waals surface area contributed by atoms with E-state index in [1.165, 1.54) is 21.3 Å². The average Bonchev–Trinajstić information content (AvgIpc) is 2.40. The SMILES string of the molecule is CCc1ccc(I)cc1.FC(F)(F)c1ccccc1. The van der Waals surface area contributed by atoms with E-state index in [0.717, 1.165) is 18.6 Å². The molecule has 0 nitrogen and oxygen atoms in total. The maximum absolute atomic E-state index is 11.8. The van der Waals surface area contributed by atoms with E-state index in [0.29, 0.717) is 0 Å². The quantitative estimate of drug-likeness (QED) is 0.570. The van der Waals surface area contributed by atoms with Crippen molar-refractivity contribution in [1.82, 2.24) is 0 Å². The highest BCUT2D eigenvalue weighted by molar-refractivity contribution is 14.1. The van der Waals surface area contributed by atoms with Gasteiger partial charge in [-0.3, -0.25) is 0 Å². The molecule has 0 fully saturated rings. The van der Waals surface area contributed by atoms with Crippen LogP contribution in [0.4, 0.5) is 13.2 Å². The number of aryl methyl sites for hydroxylation is 1. The molecule has 0 aliphatic heterocycles. The Balaban J connectivity index is 0.000000191. The fourth-order valence-corrected chi connectivity index (χ4v) is 1.71. The highest BCUT2D eigenvalue weighted by atomic mass is 127. The van der Waals surface area contributed by atoms with Crippen LogP contribution in [0.5, 0.6) is 0 Å². The van der Waals surface area contributed by atoms with Crippen molar-refractivity contribution in [3.05, 3.63) is 69.3 Å². The van der Waals surface area contributed by atoms with Gasteiger partial charge in [0.25, 0.3) is 0 Å². The molecule has 0 spiro atoms. The maximum atomic E-state index is 11.8. The lowest BCUT2D eigenvalue weighted by atomic mass is 10.2. The highest BCUT2D eigenvalue weighted by Gasteiger charge is 2.29. The Morgan fingerprint density at radius 1 is 0.895 bits per heavy atom. The smallest absolute Gasteiger partial charge is 0.166 e. The van der Waals surface area contributed by atoms with E-state index in [2.05, 4.69) is 53.8 Å². The lowest BCUT2D eigenvalue weighted by molar-refractivity contribution is -0.137. The second-order valence-corrected chi connectivity index (χ2v) is 5.09. The van der Waals surface area contributed by atoms with Crippen LogP contribution in [0.1, 0.15) is 18.1 Å². The number of benzene rings is 2. The van der Waals surface area contributed by atoms with Crippen LogP contribution in [0.15, 0.2) is 54.6 Å². The molecule has 0 atom stereocenters. The number of hydrogen-bond donors (Lipinski definition) is 0. The topological polar surface area (TPSA) is 0 Å². The largest absolute Gasteiger partial charge is 0.416 e. The molecule has 0 heterocycles. The van der Waals surface area contributed by atoms with Crippen LogP contribution in [0.2, 0.25) is 0 Å². The van der Waals surface area contributed by atoms with Crippen LogP contribution in [0, 0.1) is 3.57 Å². The molecular formula is C15H14F3I. The fourth-order valence-electron chi connectivity index (χ4n) is 1.35. The Hall–Kier alpha value is -1.04. The zero-order chi connectivity index (χ0) is 14.3. The van der Waals surface area contributed by atoms with Gasteiger partial charge in [0.2, 0.25) is 0 Å². The van der Waals surface area contributed by atoms with Crippen LogP contribution in [0.3, 0.4) is 0 Å². The van der Waals surface area contributed by atoms with E-state index in [1.807, 2.05) is 0 Å². The maximum Gasteiger partial charge on any atom is 0.416 e. The molecule has 0 amide bonds. The van der Waals surface area contributed by atoms with Gasteiger partial charge < -0.3 is 0 Å². The number of rotatable bonds is 1. The zero-order valence-corrected chi connectivity index (χ0v) is 12.6. The zero-order valence-electron chi connectivity index (χ0n) is 10.4. The Kier molecular flexibility index (Phi) is 6.34. The molecule has 102 valence electrons. The molecule has 0 saturated carbocycles. The molecule has 0 aliphatic rings. The first-order chi connectivity index (χ1) is 8.93. The first-order valence-corrected chi connectivity index (χ1v) is 6.88. The van der Waals surface area contributed by atoms with Crippen molar-refractivity contribution in [3.8, 4) is 0 Å². The minimum absolute atomic E-state index is 0.602. The molecule has 4 heteroatoms. The van der Waals surface area contributed by atoms with Gasteiger partial charge in [0, 0.05) is 3.57 Å². The van der Waals surface area contributed by atoms with Crippen LogP contribution in [0.25, 0.3) is 0 Å². The van der Waals surface area contributed by atoms with Gasteiger partial charge >= 0.3 is 6.18 Å². The molecule has 0 radical (unpaired) electrons. The summed E-state index contributed by atoms with van der Waals surface area (Å²) in [5, 5.41) is 0. The van der Waals surface area contributed by atoms with Gasteiger partial charge in [-0.1, -0.05) is 49.4 Å². The Labute approximate surface area is 124 Å². The summed E-state index contributed by atoms with van der Waals surface area (Å²) in [7, 11) is 0. The van der Waals surface area contributed by atoms with Gasteiger partial charge in [-0.2, -0.15) is 13.2 Å². The summed E-state index contributed by atoms with van der Waals surface area (Å²) in [5.41, 5.74) is 0.811. The lowest BCUT2D eigenvalue weighted by Gasteiger charge is -2.03. The third kappa shape index (κ3) is 6.09. The Morgan fingerprint density at radius 3 is 1.79 bits per heavy atom. The molecule has 19 heavy (non-hydrogen) atoms. The summed E-state index contributed by atoms with van der Waals surface area (Å²) in [4.78, 5) is 0. The van der Waals surface area contributed by atoms with Crippen LogP contribution >= 0.6 is 22.6 Å². The van der Waals surface area contributed by atoms with Crippen molar-refractivity contribution >= 4 is 22.6 Å². The fraction of sp³-hybridized carbons (Fsp3) is 0.200. The number of hydrogen-bond acceptors (Lipinski definition) is 0. The number of alkyl halides is 3. The lowest BCUT2D eigenvalue weighted by Crippen LogP contribution is -2.03. The summed E-state index contributed by atoms with van der Waals surface area (Å²) in [5.74, 6) is 0. The van der Waals surface area contributed by atoms with E-state index in [9.17, 15) is 13.2 Å². The first kappa shape index (κ1) is 16.0. The standard InChI is InChI=1S/C8H9I.C7H5F3/c1-2-7-3-5-8(9)6-4-7;8-7(9,10)6-4-2-1-3-5-6/h3-6H,2H2,1H3;1-5H. The molecule has 2 aromatic rings. The van der Waals surface area contributed by atoms with Crippen molar-refractivity contribution in [3.63, 3.8) is 0 Å². The molecule has 0 N–H and O–H groups in total. The Morgan fingerprint density at radius 2 is 1.42 bits per heavy atom.